The van der Waals surface area contributed by atoms with Gasteiger partial charge in [0, 0.05) is 23.0 Å². The van der Waals surface area contributed by atoms with Gasteiger partial charge in [0.25, 0.3) is 0 Å². The van der Waals surface area contributed by atoms with Crippen molar-refractivity contribution < 1.29 is 23.5 Å². The molecular formula is C18H16BrNO5. The molecule has 130 valence electrons. The molecule has 2 aromatic rings. The van der Waals surface area contributed by atoms with Gasteiger partial charge >= 0.3 is 5.97 Å². The third-order valence-electron chi connectivity index (χ3n) is 3.99. The lowest BCUT2D eigenvalue weighted by Gasteiger charge is -2.14. The Balaban J connectivity index is 1.51. The van der Waals surface area contributed by atoms with E-state index in [9.17, 15) is 14.4 Å². The molecule has 1 aliphatic rings. The minimum absolute atomic E-state index is 0.0893. The van der Waals surface area contributed by atoms with Crippen molar-refractivity contribution in [3.8, 4) is 0 Å². The van der Waals surface area contributed by atoms with Crippen LogP contribution in [0.25, 0.3) is 0 Å². The Morgan fingerprint density at radius 2 is 2.00 bits per heavy atom. The molecule has 0 unspecified atom stereocenters. The van der Waals surface area contributed by atoms with E-state index in [1.165, 1.54) is 6.26 Å². The van der Waals surface area contributed by atoms with Gasteiger partial charge in [-0.1, -0.05) is 28.1 Å². The second kappa shape index (κ2) is 7.65. The third kappa shape index (κ3) is 4.36. The fourth-order valence-electron chi connectivity index (χ4n) is 2.65. The predicted molar refractivity (Wildman–Crippen MR) is 91.7 cm³/mol. The largest absolute Gasteiger partial charge is 0.467 e. The molecule has 3 rings (SSSR count). The Hall–Kier alpha value is -2.41. The SMILES string of the molecule is O=C(COC(=O)[C@@H]1CC(=O)N(Cc2ccco2)C1)c1ccc(Br)cc1. The lowest BCUT2D eigenvalue weighted by atomic mass is 10.1. The molecule has 0 spiro atoms. The van der Waals surface area contributed by atoms with Gasteiger partial charge in [-0.3, -0.25) is 14.4 Å². The average Bonchev–Trinajstić information content (AvgIpc) is 3.24. The molecule has 25 heavy (non-hydrogen) atoms. The molecule has 1 aromatic carbocycles. The fourth-order valence-corrected chi connectivity index (χ4v) is 2.91. The highest BCUT2D eigenvalue weighted by molar-refractivity contribution is 9.10. The van der Waals surface area contributed by atoms with E-state index in [2.05, 4.69) is 15.9 Å². The Bertz CT molecular complexity index is 769. The molecule has 1 atom stereocenters. The van der Waals surface area contributed by atoms with Gasteiger partial charge in [0.2, 0.25) is 5.91 Å². The molecule has 1 amide bonds. The molecule has 7 heteroatoms. The first kappa shape index (κ1) is 17.4. The van der Waals surface area contributed by atoms with E-state index < -0.39 is 11.9 Å². The Morgan fingerprint density at radius 1 is 1.24 bits per heavy atom. The number of rotatable bonds is 6. The minimum atomic E-state index is -0.555. The molecule has 0 N–H and O–H groups in total. The highest BCUT2D eigenvalue weighted by Gasteiger charge is 2.35. The second-order valence-corrected chi connectivity index (χ2v) is 6.71. The summed E-state index contributed by atoms with van der Waals surface area (Å²) in [6, 6.07) is 10.3. The quantitative estimate of drug-likeness (QED) is 0.545. The number of furan rings is 1. The van der Waals surface area contributed by atoms with Crippen LogP contribution in [0, 0.1) is 5.92 Å². The summed E-state index contributed by atoms with van der Waals surface area (Å²) in [6.07, 6.45) is 1.63. The van der Waals surface area contributed by atoms with Crippen molar-refractivity contribution in [3.63, 3.8) is 0 Å². The van der Waals surface area contributed by atoms with Crippen LogP contribution in [-0.2, 0) is 20.9 Å². The summed E-state index contributed by atoms with van der Waals surface area (Å²) in [7, 11) is 0. The molecule has 0 aliphatic carbocycles. The number of carbonyl (C=O) groups is 3. The van der Waals surface area contributed by atoms with E-state index in [1.54, 1.807) is 41.3 Å². The number of Topliss-reactive ketones (excluding diaryl/α,β-unsaturated/α-hetero) is 1. The summed E-state index contributed by atoms with van der Waals surface area (Å²) in [4.78, 5) is 37.7. The number of halogens is 1. The van der Waals surface area contributed by atoms with Crippen molar-refractivity contribution in [2.24, 2.45) is 5.92 Å². The standard InChI is InChI=1S/C18H16BrNO5/c19-14-5-3-12(4-6-14)16(21)11-25-18(23)13-8-17(22)20(9-13)10-15-2-1-7-24-15/h1-7,13H,8-11H2/t13-/m1/s1. The van der Waals surface area contributed by atoms with Gasteiger partial charge in [0.05, 0.1) is 18.7 Å². The first-order chi connectivity index (χ1) is 12.0. The number of amides is 1. The number of hydrogen-bond acceptors (Lipinski definition) is 5. The van der Waals surface area contributed by atoms with Gasteiger partial charge in [-0.15, -0.1) is 0 Å². The summed E-state index contributed by atoms with van der Waals surface area (Å²) in [5.41, 5.74) is 0.470. The van der Waals surface area contributed by atoms with Crippen LogP contribution in [-0.4, -0.2) is 35.7 Å². The van der Waals surface area contributed by atoms with Crippen LogP contribution >= 0.6 is 15.9 Å². The number of ether oxygens (including phenoxy) is 1. The highest BCUT2D eigenvalue weighted by Crippen LogP contribution is 2.21. The maximum absolute atomic E-state index is 12.1. The lowest BCUT2D eigenvalue weighted by Crippen LogP contribution is -2.27. The zero-order valence-electron chi connectivity index (χ0n) is 13.3. The molecule has 1 aliphatic heterocycles. The van der Waals surface area contributed by atoms with Crippen molar-refractivity contribution in [3.05, 3.63) is 58.5 Å². The van der Waals surface area contributed by atoms with E-state index in [1.807, 2.05) is 0 Å². The summed E-state index contributed by atoms with van der Waals surface area (Å²) < 4.78 is 11.2. The predicted octanol–water partition coefficient (Wildman–Crippen LogP) is 2.82. The van der Waals surface area contributed by atoms with Crippen LogP contribution in [0.4, 0.5) is 0 Å². The summed E-state index contributed by atoms with van der Waals surface area (Å²) in [5.74, 6) is -0.830. The monoisotopic (exact) mass is 405 g/mol. The summed E-state index contributed by atoms with van der Waals surface area (Å²) >= 11 is 3.29. The maximum atomic E-state index is 12.1. The van der Waals surface area contributed by atoms with E-state index >= 15 is 0 Å². The van der Waals surface area contributed by atoms with Gasteiger partial charge in [0.15, 0.2) is 12.4 Å². The van der Waals surface area contributed by atoms with Gasteiger partial charge < -0.3 is 14.1 Å². The number of esters is 1. The van der Waals surface area contributed by atoms with E-state index in [4.69, 9.17) is 9.15 Å². The van der Waals surface area contributed by atoms with Crippen molar-refractivity contribution in [1.82, 2.24) is 4.90 Å². The van der Waals surface area contributed by atoms with Crippen LogP contribution in [0.5, 0.6) is 0 Å². The van der Waals surface area contributed by atoms with E-state index in [-0.39, 0.29) is 31.3 Å². The van der Waals surface area contributed by atoms with Gasteiger partial charge in [-0.05, 0) is 24.3 Å². The molecular weight excluding hydrogens is 390 g/mol. The highest BCUT2D eigenvalue weighted by atomic mass is 79.9. The molecule has 1 fully saturated rings. The van der Waals surface area contributed by atoms with Crippen LogP contribution in [0.15, 0.2) is 51.6 Å². The minimum Gasteiger partial charge on any atom is -0.467 e. The second-order valence-electron chi connectivity index (χ2n) is 5.79. The molecule has 0 bridgehead atoms. The van der Waals surface area contributed by atoms with Crippen molar-refractivity contribution >= 4 is 33.6 Å². The molecule has 1 aromatic heterocycles. The number of likely N-dealkylation sites (tertiary alicyclic amines) is 1. The van der Waals surface area contributed by atoms with Gasteiger partial charge in [0.1, 0.15) is 5.76 Å². The number of ketones is 1. The van der Waals surface area contributed by atoms with Gasteiger partial charge in [-0.25, -0.2) is 0 Å². The van der Waals surface area contributed by atoms with Gasteiger partial charge in [-0.2, -0.15) is 0 Å². The number of hydrogen-bond donors (Lipinski definition) is 0. The molecule has 6 nitrogen and oxygen atoms in total. The van der Waals surface area contributed by atoms with E-state index in [0.717, 1.165) is 4.47 Å². The first-order valence-corrected chi connectivity index (χ1v) is 8.58. The first-order valence-electron chi connectivity index (χ1n) is 7.78. The fraction of sp³-hybridized carbons (Fsp3) is 0.278. The zero-order chi connectivity index (χ0) is 17.8. The summed E-state index contributed by atoms with van der Waals surface area (Å²) in [6.45, 7) is 0.265. The van der Waals surface area contributed by atoms with Crippen LogP contribution < -0.4 is 0 Å². The molecule has 0 radical (unpaired) electrons. The summed E-state index contributed by atoms with van der Waals surface area (Å²) in [5, 5.41) is 0. The number of benzene rings is 1. The lowest BCUT2D eigenvalue weighted by molar-refractivity contribution is -0.147. The topological polar surface area (TPSA) is 76.8 Å². The van der Waals surface area contributed by atoms with Crippen LogP contribution in [0.2, 0.25) is 0 Å². The average molecular weight is 406 g/mol. The van der Waals surface area contributed by atoms with E-state index in [0.29, 0.717) is 17.9 Å². The normalized spacial score (nSPS) is 16.9. The number of carbonyl (C=O) groups excluding carboxylic acids is 3. The smallest absolute Gasteiger partial charge is 0.311 e. The van der Waals surface area contributed by atoms with Crippen molar-refractivity contribution in [2.45, 2.75) is 13.0 Å². The third-order valence-corrected chi connectivity index (χ3v) is 4.52. The maximum Gasteiger partial charge on any atom is 0.311 e. The number of nitrogens with zero attached hydrogens (tertiary/aromatic N) is 1. The van der Waals surface area contributed by atoms with Crippen LogP contribution in [0.1, 0.15) is 22.5 Å². The Kier molecular flexibility index (Phi) is 5.33. The Morgan fingerprint density at radius 3 is 2.68 bits per heavy atom. The molecule has 1 saturated heterocycles. The molecule has 2 heterocycles. The zero-order valence-corrected chi connectivity index (χ0v) is 14.9. The molecule has 0 saturated carbocycles. The van der Waals surface area contributed by atoms with Crippen LogP contribution in [0.3, 0.4) is 0 Å². The van der Waals surface area contributed by atoms with Crippen molar-refractivity contribution in [1.29, 1.82) is 0 Å². The van der Waals surface area contributed by atoms with Crippen molar-refractivity contribution in [2.75, 3.05) is 13.2 Å². The Labute approximate surface area is 152 Å².